The quantitative estimate of drug-likeness (QED) is 0.416. The van der Waals surface area contributed by atoms with E-state index < -0.39 is 31.0 Å². The second kappa shape index (κ2) is 9.19. The Kier molecular flexibility index (Phi) is 7.41. The predicted octanol–water partition coefficient (Wildman–Crippen LogP) is 3.78. The molecule has 2 rings (SSSR count). The largest absolute Gasteiger partial charge is 0.361 e. The Bertz CT molecular complexity index is 1300. The van der Waals surface area contributed by atoms with Gasteiger partial charge in [-0.1, -0.05) is 5.57 Å². The van der Waals surface area contributed by atoms with Gasteiger partial charge in [-0.3, -0.25) is 4.79 Å². The van der Waals surface area contributed by atoms with Gasteiger partial charge in [0.1, 0.15) is 5.56 Å². The number of carbonyl (C=O) groups excluding carboxylic acids is 1. The van der Waals surface area contributed by atoms with Crippen molar-refractivity contribution >= 4 is 31.3 Å². The van der Waals surface area contributed by atoms with Gasteiger partial charge in [-0.25, -0.2) is 13.1 Å². The van der Waals surface area contributed by atoms with Crippen molar-refractivity contribution in [2.45, 2.75) is 65.2 Å². The minimum atomic E-state index is -3.96. The minimum absolute atomic E-state index is 0.00733. The van der Waals surface area contributed by atoms with Crippen molar-refractivity contribution in [3.05, 3.63) is 46.2 Å². The monoisotopic (exact) mass is 482 g/mol. The van der Waals surface area contributed by atoms with Crippen molar-refractivity contribution in [3.63, 3.8) is 0 Å². The molecule has 0 spiro atoms. The second-order valence-corrected chi connectivity index (χ2v) is 12.2. The molecule has 32 heavy (non-hydrogen) atoms. The molecule has 0 amide bonds. The van der Waals surface area contributed by atoms with Crippen LogP contribution in [0.15, 0.2) is 28.8 Å². The molecular formula is C22H30N2O6S2. The zero-order valence-electron chi connectivity index (χ0n) is 19.7. The van der Waals surface area contributed by atoms with E-state index >= 15 is 0 Å². The van der Waals surface area contributed by atoms with Gasteiger partial charge in [0.05, 0.1) is 16.3 Å². The van der Waals surface area contributed by atoms with Crippen LogP contribution in [0.1, 0.15) is 68.6 Å². The van der Waals surface area contributed by atoms with Gasteiger partial charge < -0.3 is 4.18 Å². The molecule has 176 valence electrons. The molecule has 0 N–H and O–H groups in total. The van der Waals surface area contributed by atoms with Crippen LogP contribution in [0.25, 0.3) is 5.57 Å². The SMILES string of the molecule is CCn1ncc(C(=O)c2ccc(S(C)(=O)=O)c(C(C)=C(C)C)c2C)c1OS(=O)(=O)C(C)C. The molecule has 0 aliphatic carbocycles. The summed E-state index contributed by atoms with van der Waals surface area (Å²) in [7, 11) is -7.51. The first-order valence-electron chi connectivity index (χ1n) is 10.1. The number of hydrogen-bond acceptors (Lipinski definition) is 7. The number of carbonyl (C=O) groups is 1. The number of sulfone groups is 1. The molecular weight excluding hydrogens is 452 g/mol. The lowest BCUT2D eigenvalue weighted by Gasteiger charge is -2.17. The van der Waals surface area contributed by atoms with E-state index in [0.29, 0.717) is 17.7 Å². The average Bonchev–Trinajstić information content (AvgIpc) is 3.07. The molecule has 10 heteroatoms. The Morgan fingerprint density at radius 1 is 1.09 bits per heavy atom. The highest BCUT2D eigenvalue weighted by Crippen LogP contribution is 2.33. The third kappa shape index (κ3) is 4.96. The fourth-order valence-electron chi connectivity index (χ4n) is 3.15. The Labute approximate surface area is 190 Å². The van der Waals surface area contributed by atoms with E-state index in [9.17, 15) is 21.6 Å². The van der Waals surface area contributed by atoms with Crippen LogP contribution in [-0.4, -0.2) is 43.9 Å². The van der Waals surface area contributed by atoms with Gasteiger partial charge in [-0.2, -0.15) is 13.5 Å². The zero-order chi connectivity index (χ0) is 24.6. The summed E-state index contributed by atoms with van der Waals surface area (Å²) in [6, 6.07) is 2.85. The number of benzene rings is 1. The fraction of sp³-hybridized carbons (Fsp3) is 0.455. The lowest BCUT2D eigenvalue weighted by Crippen LogP contribution is -2.22. The number of rotatable bonds is 8. The third-order valence-electron chi connectivity index (χ3n) is 5.30. The summed E-state index contributed by atoms with van der Waals surface area (Å²) in [5.41, 5.74) is 2.86. The maximum atomic E-state index is 13.5. The molecule has 0 fully saturated rings. The van der Waals surface area contributed by atoms with Gasteiger partial charge in [0.15, 0.2) is 15.6 Å². The molecule has 0 saturated carbocycles. The van der Waals surface area contributed by atoms with Gasteiger partial charge >= 0.3 is 10.1 Å². The van der Waals surface area contributed by atoms with E-state index in [-0.39, 0.29) is 21.9 Å². The van der Waals surface area contributed by atoms with Crippen molar-refractivity contribution in [2.75, 3.05) is 6.26 Å². The molecule has 0 atom stereocenters. The number of aromatic nitrogens is 2. The lowest BCUT2D eigenvalue weighted by atomic mass is 9.91. The van der Waals surface area contributed by atoms with Crippen molar-refractivity contribution < 1.29 is 25.8 Å². The minimum Gasteiger partial charge on any atom is -0.361 e. The Hall–Kier alpha value is -2.46. The number of nitrogens with zero attached hydrogens (tertiary/aromatic N) is 2. The number of allylic oxidation sites excluding steroid dienone is 2. The highest BCUT2D eigenvalue weighted by atomic mass is 32.2. The molecule has 8 nitrogen and oxygen atoms in total. The Morgan fingerprint density at radius 2 is 1.69 bits per heavy atom. The molecule has 0 bridgehead atoms. The maximum absolute atomic E-state index is 13.5. The van der Waals surface area contributed by atoms with Gasteiger partial charge in [0.25, 0.3) is 0 Å². The predicted molar refractivity (Wildman–Crippen MR) is 124 cm³/mol. The first kappa shape index (κ1) is 25.8. The van der Waals surface area contributed by atoms with Crippen molar-refractivity contribution in [1.82, 2.24) is 9.78 Å². The van der Waals surface area contributed by atoms with Crippen molar-refractivity contribution in [1.29, 1.82) is 0 Å². The van der Waals surface area contributed by atoms with Crippen molar-refractivity contribution in [3.8, 4) is 5.88 Å². The molecule has 0 saturated heterocycles. The third-order valence-corrected chi connectivity index (χ3v) is 7.99. The smallest absolute Gasteiger partial charge is 0.313 e. The summed E-state index contributed by atoms with van der Waals surface area (Å²) in [6.07, 6.45) is 2.40. The van der Waals surface area contributed by atoms with Crippen LogP contribution in [0.2, 0.25) is 0 Å². The average molecular weight is 483 g/mol. The second-order valence-electron chi connectivity index (χ2n) is 8.14. The van der Waals surface area contributed by atoms with Crippen LogP contribution in [0, 0.1) is 6.92 Å². The van der Waals surface area contributed by atoms with Gasteiger partial charge in [-0.15, -0.1) is 0 Å². The van der Waals surface area contributed by atoms with Crippen LogP contribution in [0.4, 0.5) is 0 Å². The van der Waals surface area contributed by atoms with E-state index in [1.807, 2.05) is 13.8 Å². The summed E-state index contributed by atoms with van der Waals surface area (Å²) < 4.78 is 56.1. The normalized spacial score (nSPS) is 12.2. The number of hydrogen-bond donors (Lipinski definition) is 0. The standard InChI is InChI=1S/C22H30N2O6S2/c1-9-24-22(30-32(28,29)14(4)5)18(12-23-24)21(25)17-10-11-19(31(8,26)27)20(16(17)7)15(6)13(2)3/h10-12,14H,9H2,1-8H3. The molecule has 0 unspecified atom stereocenters. The molecule has 1 heterocycles. The lowest BCUT2D eigenvalue weighted by molar-refractivity contribution is 0.103. The van der Waals surface area contributed by atoms with E-state index in [4.69, 9.17) is 4.18 Å². The van der Waals surface area contributed by atoms with E-state index in [2.05, 4.69) is 5.10 Å². The van der Waals surface area contributed by atoms with Crippen molar-refractivity contribution in [2.24, 2.45) is 0 Å². The van der Waals surface area contributed by atoms with Crippen LogP contribution in [0.5, 0.6) is 5.88 Å². The molecule has 0 radical (unpaired) electrons. The van der Waals surface area contributed by atoms with Gasteiger partial charge in [0, 0.05) is 18.4 Å². The molecule has 1 aromatic heterocycles. The van der Waals surface area contributed by atoms with Gasteiger partial charge in [-0.05, 0) is 77.3 Å². The van der Waals surface area contributed by atoms with E-state index in [0.717, 1.165) is 17.4 Å². The number of aryl methyl sites for hydroxylation is 1. The van der Waals surface area contributed by atoms with Crippen LogP contribution in [-0.2, 0) is 26.5 Å². The van der Waals surface area contributed by atoms with Crippen LogP contribution < -0.4 is 4.18 Å². The van der Waals surface area contributed by atoms with E-state index in [1.54, 1.807) is 20.8 Å². The highest BCUT2D eigenvalue weighted by molar-refractivity contribution is 7.90. The zero-order valence-corrected chi connectivity index (χ0v) is 21.3. The molecule has 0 aliphatic heterocycles. The summed E-state index contributed by atoms with van der Waals surface area (Å²) in [5, 5.41) is 3.29. The highest BCUT2D eigenvalue weighted by Gasteiger charge is 2.29. The molecule has 2 aromatic rings. The molecule has 1 aromatic carbocycles. The summed E-state index contributed by atoms with van der Waals surface area (Å²) in [5.74, 6) is -0.655. The van der Waals surface area contributed by atoms with Gasteiger partial charge in [0.2, 0.25) is 5.88 Å². The summed E-state index contributed by atoms with van der Waals surface area (Å²) in [6.45, 7) is 12.2. The summed E-state index contributed by atoms with van der Waals surface area (Å²) >= 11 is 0. The van der Waals surface area contributed by atoms with Crippen LogP contribution >= 0.6 is 0 Å². The van der Waals surface area contributed by atoms with Crippen LogP contribution in [0.3, 0.4) is 0 Å². The fourth-order valence-corrected chi connectivity index (χ4v) is 4.73. The first-order chi connectivity index (χ1) is 14.6. The number of ketones is 1. The topological polar surface area (TPSA) is 112 Å². The maximum Gasteiger partial charge on any atom is 0.313 e. The Balaban J connectivity index is 2.77. The Morgan fingerprint density at radius 3 is 2.16 bits per heavy atom. The summed E-state index contributed by atoms with van der Waals surface area (Å²) in [4.78, 5) is 13.6. The van der Waals surface area contributed by atoms with E-state index in [1.165, 1.54) is 36.9 Å². The molecule has 0 aliphatic rings. The first-order valence-corrected chi connectivity index (χ1v) is 13.5.